The Balaban J connectivity index is 1.42. The molecule has 6 nitrogen and oxygen atoms in total. The smallest absolute Gasteiger partial charge is 0.156 e. The lowest BCUT2D eigenvalue weighted by molar-refractivity contribution is 0.355. The van der Waals surface area contributed by atoms with Gasteiger partial charge in [0.1, 0.15) is 11.3 Å². The van der Waals surface area contributed by atoms with Crippen LogP contribution >= 0.6 is 0 Å². The van der Waals surface area contributed by atoms with Crippen molar-refractivity contribution in [3.05, 3.63) is 47.3 Å². The molecule has 29 heavy (non-hydrogen) atoms. The number of aryl methyl sites for hydroxylation is 2. The molecule has 2 bridgehead atoms. The van der Waals surface area contributed by atoms with Gasteiger partial charge in [-0.3, -0.25) is 0 Å². The van der Waals surface area contributed by atoms with Gasteiger partial charge >= 0.3 is 0 Å². The number of aromatic nitrogens is 5. The molecule has 6 rings (SSSR count). The summed E-state index contributed by atoms with van der Waals surface area (Å²) >= 11 is 0. The van der Waals surface area contributed by atoms with Crippen LogP contribution in [0.2, 0.25) is 0 Å². The Kier molecular flexibility index (Phi) is 3.59. The first-order valence-corrected chi connectivity index (χ1v) is 10.3. The average Bonchev–Trinajstić information content (AvgIpc) is 3.38. The standard InChI is InChI=1S/C22H23FN6/c1-11-5-18(28-29-10-12(2)24-22(11)29)13-8-17(23)20-19(9-13)26-21(27-20)14-6-15-3-4-16(7-14)25-15/h5,8-10,14-16,25H,3-4,6-7H2,1-2H3,(H,26,27). The number of rotatable bonds is 2. The van der Waals surface area contributed by atoms with Gasteiger partial charge in [-0.25, -0.2) is 18.9 Å². The van der Waals surface area contributed by atoms with Gasteiger partial charge in [0.05, 0.1) is 23.1 Å². The largest absolute Gasteiger partial charge is 0.342 e. The van der Waals surface area contributed by atoms with Crippen molar-refractivity contribution in [3.8, 4) is 11.3 Å². The maximum absolute atomic E-state index is 15.0. The minimum atomic E-state index is -0.307. The molecule has 0 aliphatic carbocycles. The van der Waals surface area contributed by atoms with Crippen LogP contribution < -0.4 is 5.32 Å². The Morgan fingerprint density at radius 3 is 2.66 bits per heavy atom. The van der Waals surface area contributed by atoms with E-state index < -0.39 is 0 Å². The third kappa shape index (κ3) is 2.75. The normalized spacial score (nSPS) is 24.0. The lowest BCUT2D eigenvalue weighted by Crippen LogP contribution is -2.37. The van der Waals surface area contributed by atoms with E-state index in [1.807, 2.05) is 32.2 Å². The molecule has 2 atom stereocenters. The third-order valence-corrected chi connectivity index (χ3v) is 6.44. The van der Waals surface area contributed by atoms with Crippen LogP contribution in [0.3, 0.4) is 0 Å². The fourth-order valence-corrected chi connectivity index (χ4v) is 5.10. The van der Waals surface area contributed by atoms with Gasteiger partial charge in [0.2, 0.25) is 0 Å². The second kappa shape index (κ2) is 6.10. The van der Waals surface area contributed by atoms with Gasteiger partial charge in [0, 0.05) is 23.6 Å². The lowest BCUT2D eigenvalue weighted by atomic mass is 9.92. The van der Waals surface area contributed by atoms with E-state index in [1.54, 1.807) is 4.52 Å². The van der Waals surface area contributed by atoms with E-state index in [0.29, 0.717) is 23.5 Å². The van der Waals surface area contributed by atoms with Crippen LogP contribution in [-0.4, -0.2) is 36.6 Å². The molecule has 2 aliphatic rings. The van der Waals surface area contributed by atoms with Gasteiger partial charge in [-0.2, -0.15) is 5.10 Å². The molecule has 2 saturated heterocycles. The van der Waals surface area contributed by atoms with Crippen LogP contribution in [0.1, 0.15) is 48.7 Å². The van der Waals surface area contributed by atoms with Crippen molar-refractivity contribution in [2.45, 2.75) is 57.5 Å². The van der Waals surface area contributed by atoms with Crippen molar-refractivity contribution in [2.75, 3.05) is 0 Å². The number of hydrogen-bond acceptors (Lipinski definition) is 4. The van der Waals surface area contributed by atoms with Gasteiger partial charge in [-0.15, -0.1) is 0 Å². The fourth-order valence-electron chi connectivity index (χ4n) is 5.10. The first-order chi connectivity index (χ1) is 14.0. The average molecular weight is 390 g/mol. The first-order valence-electron chi connectivity index (χ1n) is 10.3. The highest BCUT2D eigenvalue weighted by Crippen LogP contribution is 2.37. The number of nitrogens with one attached hydrogen (secondary N) is 2. The van der Waals surface area contributed by atoms with E-state index in [2.05, 4.69) is 25.4 Å². The molecule has 5 heterocycles. The molecule has 1 aromatic carbocycles. The van der Waals surface area contributed by atoms with Crippen LogP contribution in [0.5, 0.6) is 0 Å². The van der Waals surface area contributed by atoms with E-state index in [9.17, 15) is 4.39 Å². The SMILES string of the molecule is Cc1cn2nc(-c3cc(F)c4nc(C5CC6CCC(C5)N6)[nH]c4c3)cc(C)c2n1. The first kappa shape index (κ1) is 17.1. The molecule has 3 aromatic heterocycles. The molecule has 7 heteroatoms. The summed E-state index contributed by atoms with van der Waals surface area (Å²) in [5.74, 6) is 0.979. The van der Waals surface area contributed by atoms with Crippen LogP contribution in [-0.2, 0) is 0 Å². The van der Waals surface area contributed by atoms with E-state index in [-0.39, 0.29) is 5.82 Å². The van der Waals surface area contributed by atoms with Gasteiger partial charge in [-0.05, 0) is 63.3 Å². The Morgan fingerprint density at radius 1 is 1.07 bits per heavy atom. The number of nitrogens with zero attached hydrogens (tertiary/aromatic N) is 4. The molecule has 4 aromatic rings. The van der Waals surface area contributed by atoms with E-state index in [0.717, 1.165) is 52.3 Å². The van der Waals surface area contributed by atoms with Crippen molar-refractivity contribution in [3.63, 3.8) is 0 Å². The maximum atomic E-state index is 15.0. The number of halogens is 1. The van der Waals surface area contributed by atoms with Gasteiger partial charge in [0.15, 0.2) is 11.5 Å². The number of aromatic amines is 1. The van der Waals surface area contributed by atoms with Crippen molar-refractivity contribution in [1.29, 1.82) is 0 Å². The van der Waals surface area contributed by atoms with Crippen LogP contribution in [0.15, 0.2) is 24.4 Å². The number of imidazole rings is 2. The van der Waals surface area contributed by atoms with Crippen molar-refractivity contribution in [2.24, 2.45) is 0 Å². The van der Waals surface area contributed by atoms with Crippen LogP contribution in [0.25, 0.3) is 27.9 Å². The predicted octanol–water partition coefficient (Wildman–Crippen LogP) is 4.03. The molecular formula is C22H23FN6. The van der Waals surface area contributed by atoms with Crippen LogP contribution in [0.4, 0.5) is 4.39 Å². The van der Waals surface area contributed by atoms with Crippen molar-refractivity contribution in [1.82, 2.24) is 29.9 Å². The zero-order valence-corrected chi connectivity index (χ0v) is 16.5. The quantitative estimate of drug-likeness (QED) is 0.542. The highest BCUT2D eigenvalue weighted by molar-refractivity contribution is 5.82. The summed E-state index contributed by atoms with van der Waals surface area (Å²) < 4.78 is 16.7. The second-order valence-electron chi connectivity index (χ2n) is 8.65. The number of benzene rings is 1. The summed E-state index contributed by atoms with van der Waals surface area (Å²) in [5, 5.41) is 8.30. The summed E-state index contributed by atoms with van der Waals surface area (Å²) in [4.78, 5) is 12.6. The zero-order chi connectivity index (χ0) is 19.7. The molecular weight excluding hydrogens is 367 g/mol. The Hall–Kier alpha value is -2.80. The fraction of sp³-hybridized carbons (Fsp3) is 0.409. The molecule has 0 saturated carbocycles. The summed E-state index contributed by atoms with van der Waals surface area (Å²) in [6.45, 7) is 3.94. The molecule has 2 aliphatic heterocycles. The van der Waals surface area contributed by atoms with Gasteiger partial charge < -0.3 is 10.3 Å². The Bertz CT molecular complexity index is 1240. The Labute approximate surface area is 167 Å². The van der Waals surface area contributed by atoms with E-state index in [4.69, 9.17) is 0 Å². The third-order valence-electron chi connectivity index (χ3n) is 6.44. The summed E-state index contributed by atoms with van der Waals surface area (Å²) in [7, 11) is 0. The highest BCUT2D eigenvalue weighted by atomic mass is 19.1. The molecule has 0 radical (unpaired) electrons. The summed E-state index contributed by atoms with van der Waals surface area (Å²) in [6, 6.07) is 6.61. The minimum absolute atomic E-state index is 0.307. The van der Waals surface area contributed by atoms with E-state index >= 15 is 0 Å². The molecule has 2 fully saturated rings. The van der Waals surface area contributed by atoms with Gasteiger partial charge in [-0.1, -0.05) is 0 Å². The van der Waals surface area contributed by atoms with Crippen molar-refractivity contribution < 1.29 is 4.39 Å². The minimum Gasteiger partial charge on any atom is -0.342 e. The molecule has 2 N–H and O–H groups in total. The summed E-state index contributed by atoms with van der Waals surface area (Å²) in [5.41, 5.74) is 5.38. The number of fused-ring (bicyclic) bond motifs is 4. The van der Waals surface area contributed by atoms with Crippen molar-refractivity contribution >= 4 is 16.7 Å². The van der Waals surface area contributed by atoms with Crippen LogP contribution in [0, 0.1) is 19.7 Å². The molecule has 0 spiro atoms. The highest BCUT2D eigenvalue weighted by Gasteiger charge is 2.35. The number of piperidine rings is 1. The Morgan fingerprint density at radius 2 is 1.86 bits per heavy atom. The molecule has 0 amide bonds. The predicted molar refractivity (Wildman–Crippen MR) is 109 cm³/mol. The second-order valence-corrected chi connectivity index (χ2v) is 8.65. The molecule has 148 valence electrons. The number of hydrogen-bond donors (Lipinski definition) is 2. The lowest BCUT2D eigenvalue weighted by Gasteiger charge is -2.27. The van der Waals surface area contributed by atoms with E-state index in [1.165, 1.54) is 18.9 Å². The molecule has 2 unspecified atom stereocenters. The zero-order valence-electron chi connectivity index (χ0n) is 16.5. The van der Waals surface area contributed by atoms with Gasteiger partial charge in [0.25, 0.3) is 0 Å². The topological polar surface area (TPSA) is 70.9 Å². The number of H-pyrrole nitrogens is 1. The summed E-state index contributed by atoms with van der Waals surface area (Å²) in [6.07, 6.45) is 6.51. The maximum Gasteiger partial charge on any atom is 0.156 e. The monoisotopic (exact) mass is 390 g/mol.